The minimum Gasteiger partial charge on any atom is -0.388 e. The molecule has 2 fully saturated rings. The van der Waals surface area contributed by atoms with Crippen LogP contribution in [0.3, 0.4) is 0 Å². The van der Waals surface area contributed by atoms with Gasteiger partial charge < -0.3 is 14.9 Å². The molecule has 0 spiro atoms. The molecule has 2 aliphatic heterocycles. The SMILES string of the molecule is N#Cc1ccc(S[C@@H]2SC[C@@H]3O[C@H]2[C@@H](O)[C@@H]3O)cc1. The van der Waals surface area contributed by atoms with Gasteiger partial charge in [-0.05, 0) is 24.3 Å². The highest BCUT2D eigenvalue weighted by atomic mass is 32.2. The van der Waals surface area contributed by atoms with Crippen LogP contribution in [0, 0.1) is 11.3 Å². The van der Waals surface area contributed by atoms with E-state index < -0.39 is 12.2 Å². The number of ether oxygens (including phenoxy) is 1. The van der Waals surface area contributed by atoms with Gasteiger partial charge in [-0.15, -0.1) is 23.5 Å². The minimum atomic E-state index is -0.809. The Hall–Kier alpha value is -0.710. The number of hydrogen-bond acceptors (Lipinski definition) is 6. The van der Waals surface area contributed by atoms with Crippen molar-refractivity contribution in [2.24, 2.45) is 0 Å². The maximum Gasteiger partial charge on any atom is 0.111 e. The second-order valence-corrected chi connectivity index (χ2v) is 7.26. The number of benzene rings is 1. The first-order chi connectivity index (χ1) is 9.19. The molecule has 0 aliphatic carbocycles. The lowest BCUT2D eigenvalue weighted by molar-refractivity contribution is 0.0229. The van der Waals surface area contributed by atoms with Crippen molar-refractivity contribution in [3.8, 4) is 6.07 Å². The molecule has 5 atom stereocenters. The smallest absolute Gasteiger partial charge is 0.111 e. The van der Waals surface area contributed by atoms with E-state index in [1.807, 2.05) is 12.1 Å². The largest absolute Gasteiger partial charge is 0.388 e. The van der Waals surface area contributed by atoms with Gasteiger partial charge in [-0.1, -0.05) is 0 Å². The maximum atomic E-state index is 9.95. The Morgan fingerprint density at radius 1 is 1.26 bits per heavy atom. The summed E-state index contributed by atoms with van der Waals surface area (Å²) in [6.45, 7) is 0. The molecule has 0 radical (unpaired) electrons. The van der Waals surface area contributed by atoms with Gasteiger partial charge in [-0.3, -0.25) is 0 Å². The third kappa shape index (κ3) is 2.49. The number of aliphatic hydroxyl groups excluding tert-OH is 2. The maximum absolute atomic E-state index is 9.95. The van der Waals surface area contributed by atoms with E-state index in [9.17, 15) is 10.2 Å². The van der Waals surface area contributed by atoms with Crippen molar-refractivity contribution in [3.05, 3.63) is 29.8 Å². The Balaban J connectivity index is 1.71. The fourth-order valence-corrected chi connectivity index (χ4v) is 5.10. The van der Waals surface area contributed by atoms with E-state index >= 15 is 0 Å². The Kier molecular flexibility index (Phi) is 3.74. The third-order valence-corrected chi connectivity index (χ3v) is 6.19. The van der Waals surface area contributed by atoms with Crippen molar-refractivity contribution < 1.29 is 14.9 Å². The molecular weight excluding hydrogens is 282 g/mol. The van der Waals surface area contributed by atoms with Crippen molar-refractivity contribution in [2.75, 3.05) is 5.75 Å². The summed E-state index contributed by atoms with van der Waals surface area (Å²) in [5, 5.41) is 28.5. The molecular formula is C13H13NO3S2. The standard InChI is InChI=1S/C13H13NO3S2/c14-5-7-1-3-8(4-2-7)19-13-12-11(16)10(15)9(17-12)6-18-13/h1-4,9-13,15-16H,6H2/t9-,10+,11-,12-,13-/m0/s1. The fourth-order valence-electron chi connectivity index (χ4n) is 2.27. The summed E-state index contributed by atoms with van der Waals surface area (Å²) in [6.07, 6.45) is -2.16. The molecule has 0 amide bonds. The van der Waals surface area contributed by atoms with E-state index in [1.165, 1.54) is 0 Å². The zero-order valence-corrected chi connectivity index (χ0v) is 11.6. The molecule has 2 heterocycles. The summed E-state index contributed by atoms with van der Waals surface area (Å²) in [7, 11) is 0. The van der Waals surface area contributed by atoms with Crippen LogP contribution in [-0.4, -0.2) is 45.0 Å². The van der Waals surface area contributed by atoms with Crippen molar-refractivity contribution >= 4 is 23.5 Å². The quantitative estimate of drug-likeness (QED) is 0.854. The molecule has 0 unspecified atom stereocenters. The number of thioether (sulfide) groups is 2. The molecule has 0 saturated carbocycles. The zero-order chi connectivity index (χ0) is 13.4. The summed E-state index contributed by atoms with van der Waals surface area (Å²) >= 11 is 3.31. The second kappa shape index (κ2) is 5.35. The summed E-state index contributed by atoms with van der Waals surface area (Å²) in [4.78, 5) is 1.03. The number of hydrogen-bond donors (Lipinski definition) is 2. The number of rotatable bonds is 2. The molecule has 1 aromatic carbocycles. The van der Waals surface area contributed by atoms with Crippen LogP contribution in [0.4, 0.5) is 0 Å². The van der Waals surface area contributed by atoms with Crippen LogP contribution in [0.5, 0.6) is 0 Å². The van der Waals surface area contributed by atoms with Gasteiger partial charge in [0.15, 0.2) is 0 Å². The van der Waals surface area contributed by atoms with E-state index in [4.69, 9.17) is 10.00 Å². The van der Waals surface area contributed by atoms with Crippen molar-refractivity contribution in [1.82, 2.24) is 0 Å². The molecule has 1 aromatic rings. The van der Waals surface area contributed by atoms with Gasteiger partial charge in [-0.2, -0.15) is 5.26 Å². The average molecular weight is 295 g/mol. The Morgan fingerprint density at radius 2 is 2.00 bits per heavy atom. The first-order valence-corrected chi connectivity index (χ1v) is 7.92. The third-order valence-electron chi connectivity index (χ3n) is 3.33. The van der Waals surface area contributed by atoms with Crippen molar-refractivity contribution in [3.63, 3.8) is 0 Å². The first kappa shape index (κ1) is 13.3. The van der Waals surface area contributed by atoms with Crippen LogP contribution in [-0.2, 0) is 4.74 Å². The topological polar surface area (TPSA) is 73.5 Å². The second-order valence-electron chi connectivity index (χ2n) is 4.58. The summed E-state index contributed by atoms with van der Waals surface area (Å²) in [6, 6.07) is 9.43. The van der Waals surface area contributed by atoms with E-state index in [1.54, 1.807) is 35.7 Å². The van der Waals surface area contributed by atoms with Gasteiger partial charge in [0, 0.05) is 10.6 Å². The predicted octanol–water partition coefficient (Wildman–Crippen LogP) is 1.21. The number of fused-ring (bicyclic) bond motifs is 2. The normalized spacial score (nSPS) is 37.0. The molecule has 2 saturated heterocycles. The monoisotopic (exact) mass is 295 g/mol. The molecule has 2 aliphatic rings. The van der Waals surface area contributed by atoms with Gasteiger partial charge in [0.2, 0.25) is 0 Å². The molecule has 100 valence electrons. The van der Waals surface area contributed by atoms with Crippen LogP contribution < -0.4 is 0 Å². The molecule has 2 bridgehead atoms. The van der Waals surface area contributed by atoms with Crippen LogP contribution in [0.1, 0.15) is 5.56 Å². The number of nitriles is 1. The highest BCUT2D eigenvalue weighted by Gasteiger charge is 2.50. The predicted molar refractivity (Wildman–Crippen MR) is 73.9 cm³/mol. The van der Waals surface area contributed by atoms with Crippen LogP contribution in [0.2, 0.25) is 0 Å². The van der Waals surface area contributed by atoms with Gasteiger partial charge in [0.25, 0.3) is 0 Å². The number of nitrogens with zero attached hydrogens (tertiary/aromatic N) is 1. The van der Waals surface area contributed by atoms with E-state index in [0.717, 1.165) is 4.90 Å². The van der Waals surface area contributed by atoms with E-state index in [0.29, 0.717) is 11.3 Å². The van der Waals surface area contributed by atoms with Crippen LogP contribution >= 0.6 is 23.5 Å². The molecule has 6 heteroatoms. The summed E-state index contributed by atoms with van der Waals surface area (Å²) in [5.74, 6) is 0.697. The van der Waals surface area contributed by atoms with E-state index in [2.05, 4.69) is 6.07 Å². The molecule has 4 nitrogen and oxygen atoms in total. The zero-order valence-electron chi connectivity index (χ0n) is 9.97. The fraction of sp³-hybridized carbons (Fsp3) is 0.462. The first-order valence-electron chi connectivity index (χ1n) is 5.99. The van der Waals surface area contributed by atoms with Crippen molar-refractivity contribution in [1.29, 1.82) is 5.26 Å². The Morgan fingerprint density at radius 3 is 2.68 bits per heavy atom. The van der Waals surface area contributed by atoms with Crippen LogP contribution in [0.15, 0.2) is 29.2 Å². The van der Waals surface area contributed by atoms with Crippen LogP contribution in [0.25, 0.3) is 0 Å². The molecule has 3 rings (SSSR count). The Labute approximate surface area is 119 Å². The minimum absolute atomic E-state index is 0.0661. The van der Waals surface area contributed by atoms with Gasteiger partial charge >= 0.3 is 0 Å². The van der Waals surface area contributed by atoms with E-state index in [-0.39, 0.29) is 16.8 Å². The van der Waals surface area contributed by atoms with Crippen molar-refractivity contribution in [2.45, 2.75) is 33.9 Å². The van der Waals surface area contributed by atoms with Gasteiger partial charge in [0.1, 0.15) is 18.3 Å². The lowest BCUT2D eigenvalue weighted by Crippen LogP contribution is -2.34. The highest BCUT2D eigenvalue weighted by Crippen LogP contribution is 2.44. The summed E-state index contributed by atoms with van der Waals surface area (Å²) in [5.41, 5.74) is 0.633. The van der Waals surface area contributed by atoms with Gasteiger partial charge in [-0.25, -0.2) is 0 Å². The highest BCUT2D eigenvalue weighted by molar-refractivity contribution is 8.17. The Bertz CT molecular complexity index is 502. The van der Waals surface area contributed by atoms with Gasteiger partial charge in [0.05, 0.1) is 22.3 Å². The molecule has 0 aromatic heterocycles. The lowest BCUT2D eigenvalue weighted by atomic mass is 10.1. The summed E-state index contributed by atoms with van der Waals surface area (Å²) < 4.78 is 5.72. The number of aliphatic hydroxyl groups is 2. The average Bonchev–Trinajstić information content (AvgIpc) is 2.68. The lowest BCUT2D eigenvalue weighted by Gasteiger charge is -2.28. The molecule has 2 N–H and O–H groups in total. The molecule has 19 heavy (non-hydrogen) atoms.